The summed E-state index contributed by atoms with van der Waals surface area (Å²) in [5.41, 5.74) is 2.03. The van der Waals surface area contributed by atoms with Crippen molar-refractivity contribution in [2.45, 2.75) is 13.3 Å². The Morgan fingerprint density at radius 3 is 3.13 bits per heavy atom. The number of nitrogens with zero attached hydrogens (tertiary/aromatic N) is 3. The Hall–Kier alpha value is -1.29. The quantitative estimate of drug-likeness (QED) is 0.639. The molecule has 0 radical (unpaired) electrons. The Morgan fingerprint density at radius 1 is 1.47 bits per heavy atom. The number of fused-ring (bicyclic) bond motifs is 1. The molecule has 0 saturated heterocycles. The zero-order chi connectivity index (χ0) is 10.7. The van der Waals surface area contributed by atoms with Gasteiger partial charge in [0.1, 0.15) is 12.1 Å². The zero-order valence-corrected chi connectivity index (χ0v) is 9.33. The molecule has 0 saturated carbocycles. The second-order valence-electron chi connectivity index (χ2n) is 3.42. The maximum Gasteiger partial charge on any atom is 0.157 e. The smallest absolute Gasteiger partial charge is 0.157 e. The molecule has 2 heterocycles. The van der Waals surface area contributed by atoms with Crippen LogP contribution in [0.2, 0.25) is 0 Å². The lowest BCUT2D eigenvalue weighted by Gasteiger charge is -2.07. The van der Waals surface area contributed by atoms with Crippen LogP contribution < -0.4 is 5.32 Å². The lowest BCUT2D eigenvalue weighted by molar-refractivity contribution is 0.915. The van der Waals surface area contributed by atoms with Crippen LogP contribution in [0.4, 0.5) is 5.82 Å². The molecule has 4 nitrogen and oxygen atoms in total. The zero-order valence-electron chi connectivity index (χ0n) is 8.57. The lowest BCUT2D eigenvalue weighted by atomic mass is 10.3. The molecule has 0 spiro atoms. The minimum absolute atomic E-state index is 0.666. The summed E-state index contributed by atoms with van der Waals surface area (Å²) in [6, 6.07) is 4.05. The molecule has 0 aliphatic carbocycles. The number of rotatable bonds is 4. The van der Waals surface area contributed by atoms with Crippen LogP contribution in [0.15, 0.2) is 18.5 Å². The van der Waals surface area contributed by atoms with Crippen LogP contribution in [0.3, 0.4) is 0 Å². The maximum absolute atomic E-state index is 5.62. The van der Waals surface area contributed by atoms with Gasteiger partial charge in [-0.2, -0.15) is 9.61 Å². The van der Waals surface area contributed by atoms with E-state index in [4.69, 9.17) is 11.6 Å². The fraction of sp³-hybridized carbons (Fsp3) is 0.400. The minimum Gasteiger partial charge on any atom is -0.370 e. The first-order chi connectivity index (χ1) is 7.31. The number of aryl methyl sites for hydroxylation is 1. The molecule has 80 valence electrons. The highest BCUT2D eigenvalue weighted by atomic mass is 35.5. The molecule has 15 heavy (non-hydrogen) atoms. The summed E-state index contributed by atoms with van der Waals surface area (Å²) >= 11 is 5.62. The van der Waals surface area contributed by atoms with Gasteiger partial charge in [-0.3, -0.25) is 0 Å². The van der Waals surface area contributed by atoms with E-state index in [0.717, 1.165) is 24.4 Å². The second kappa shape index (κ2) is 4.49. The van der Waals surface area contributed by atoms with E-state index in [1.165, 1.54) is 5.56 Å². The Balaban J connectivity index is 2.27. The average Bonchev–Trinajstić information content (AvgIpc) is 2.65. The first kappa shape index (κ1) is 10.2. The van der Waals surface area contributed by atoms with Crippen molar-refractivity contribution in [2.24, 2.45) is 0 Å². The number of hydrogen-bond donors (Lipinski definition) is 1. The van der Waals surface area contributed by atoms with Crippen LogP contribution in [0, 0.1) is 6.92 Å². The van der Waals surface area contributed by atoms with Crippen molar-refractivity contribution in [3.05, 3.63) is 24.0 Å². The normalized spacial score (nSPS) is 10.8. The Labute approximate surface area is 93.3 Å². The summed E-state index contributed by atoms with van der Waals surface area (Å²) < 4.78 is 1.79. The van der Waals surface area contributed by atoms with Crippen molar-refractivity contribution in [1.29, 1.82) is 0 Å². The summed E-state index contributed by atoms with van der Waals surface area (Å²) in [5, 5.41) is 7.44. The monoisotopic (exact) mass is 224 g/mol. The van der Waals surface area contributed by atoms with Crippen molar-refractivity contribution >= 4 is 23.1 Å². The van der Waals surface area contributed by atoms with E-state index >= 15 is 0 Å². The van der Waals surface area contributed by atoms with E-state index < -0.39 is 0 Å². The van der Waals surface area contributed by atoms with Gasteiger partial charge in [0.15, 0.2) is 5.65 Å². The van der Waals surface area contributed by atoms with Gasteiger partial charge in [-0.15, -0.1) is 11.6 Å². The van der Waals surface area contributed by atoms with Crippen LogP contribution in [0.1, 0.15) is 12.0 Å². The molecule has 1 N–H and O–H groups in total. The molecule has 2 rings (SSSR count). The molecule has 0 aromatic carbocycles. The Morgan fingerprint density at radius 2 is 2.33 bits per heavy atom. The molecule has 5 heteroatoms. The van der Waals surface area contributed by atoms with Gasteiger partial charge in [-0.05, 0) is 31.0 Å². The van der Waals surface area contributed by atoms with Crippen LogP contribution in [-0.4, -0.2) is 27.0 Å². The fourth-order valence-corrected chi connectivity index (χ4v) is 1.60. The van der Waals surface area contributed by atoms with Crippen LogP contribution in [0.25, 0.3) is 5.65 Å². The first-order valence-electron chi connectivity index (χ1n) is 4.91. The third-order valence-corrected chi connectivity index (χ3v) is 2.41. The third-order valence-electron chi connectivity index (χ3n) is 2.14. The van der Waals surface area contributed by atoms with Crippen molar-refractivity contribution in [3.8, 4) is 0 Å². The van der Waals surface area contributed by atoms with Gasteiger partial charge in [-0.1, -0.05) is 0 Å². The van der Waals surface area contributed by atoms with Crippen LogP contribution in [-0.2, 0) is 0 Å². The van der Waals surface area contributed by atoms with E-state index in [1.807, 2.05) is 13.0 Å². The predicted molar refractivity (Wildman–Crippen MR) is 61.6 cm³/mol. The summed E-state index contributed by atoms with van der Waals surface area (Å²) in [7, 11) is 0. The van der Waals surface area contributed by atoms with Gasteiger partial charge in [0.2, 0.25) is 0 Å². The van der Waals surface area contributed by atoms with Gasteiger partial charge in [-0.25, -0.2) is 4.98 Å². The first-order valence-corrected chi connectivity index (χ1v) is 5.45. The van der Waals surface area contributed by atoms with E-state index in [2.05, 4.69) is 21.5 Å². The fourth-order valence-electron chi connectivity index (χ4n) is 1.47. The van der Waals surface area contributed by atoms with Gasteiger partial charge in [0.25, 0.3) is 0 Å². The van der Waals surface area contributed by atoms with Crippen molar-refractivity contribution in [1.82, 2.24) is 14.6 Å². The van der Waals surface area contributed by atoms with Crippen molar-refractivity contribution in [3.63, 3.8) is 0 Å². The molecule has 0 aliphatic heterocycles. The number of hydrogen-bond acceptors (Lipinski definition) is 3. The van der Waals surface area contributed by atoms with Crippen LogP contribution >= 0.6 is 11.6 Å². The number of halogens is 1. The van der Waals surface area contributed by atoms with Crippen molar-refractivity contribution in [2.75, 3.05) is 17.7 Å². The average molecular weight is 225 g/mol. The Bertz CT molecular complexity index is 452. The van der Waals surface area contributed by atoms with Crippen LogP contribution in [0.5, 0.6) is 0 Å². The Kier molecular flexibility index (Phi) is 3.06. The molecule has 0 unspecified atom stereocenters. The molecule has 2 aromatic rings. The molecule has 0 bridgehead atoms. The molecule has 0 atom stereocenters. The van der Waals surface area contributed by atoms with Gasteiger partial charge < -0.3 is 5.32 Å². The topological polar surface area (TPSA) is 42.2 Å². The predicted octanol–water partition coefficient (Wildman–Crippen LogP) is 2.08. The third kappa shape index (κ3) is 2.21. The van der Waals surface area contributed by atoms with E-state index in [9.17, 15) is 0 Å². The summed E-state index contributed by atoms with van der Waals surface area (Å²) in [6.45, 7) is 2.89. The van der Waals surface area contributed by atoms with Crippen molar-refractivity contribution < 1.29 is 0 Å². The molecular formula is C10H13ClN4. The highest BCUT2D eigenvalue weighted by Crippen LogP contribution is 2.12. The molecular weight excluding hydrogens is 212 g/mol. The van der Waals surface area contributed by atoms with Gasteiger partial charge >= 0.3 is 0 Å². The molecule has 0 aliphatic rings. The minimum atomic E-state index is 0.666. The van der Waals surface area contributed by atoms with Gasteiger partial charge in [0, 0.05) is 12.4 Å². The molecule has 2 aromatic heterocycles. The lowest BCUT2D eigenvalue weighted by Crippen LogP contribution is -2.07. The SMILES string of the molecule is Cc1cc(NCCCCl)n2ncnc2c1. The maximum atomic E-state index is 5.62. The summed E-state index contributed by atoms with van der Waals surface area (Å²) in [6.07, 6.45) is 2.49. The number of anilines is 1. The molecule has 0 amide bonds. The largest absolute Gasteiger partial charge is 0.370 e. The number of aromatic nitrogens is 3. The van der Waals surface area contributed by atoms with E-state index in [1.54, 1.807) is 10.8 Å². The highest BCUT2D eigenvalue weighted by molar-refractivity contribution is 6.17. The second-order valence-corrected chi connectivity index (χ2v) is 3.80. The van der Waals surface area contributed by atoms with E-state index in [-0.39, 0.29) is 0 Å². The highest BCUT2D eigenvalue weighted by Gasteiger charge is 2.02. The van der Waals surface area contributed by atoms with E-state index in [0.29, 0.717) is 5.88 Å². The standard InChI is InChI=1S/C10H13ClN4/c1-8-5-9(12-4-2-3-11)15-10(6-8)13-7-14-15/h5-7,12H,2-4H2,1H3. The number of pyridine rings is 1. The molecule has 0 fully saturated rings. The van der Waals surface area contributed by atoms with Gasteiger partial charge in [0.05, 0.1) is 0 Å². The number of nitrogens with one attached hydrogen (secondary N) is 1. The summed E-state index contributed by atoms with van der Waals surface area (Å²) in [4.78, 5) is 4.15. The number of alkyl halides is 1. The summed E-state index contributed by atoms with van der Waals surface area (Å²) in [5.74, 6) is 1.63.